The number of amides is 1. The molecule has 0 spiro atoms. The summed E-state index contributed by atoms with van der Waals surface area (Å²) in [6.45, 7) is 2.60. The van der Waals surface area contributed by atoms with Crippen molar-refractivity contribution in [3.8, 4) is 0 Å². The van der Waals surface area contributed by atoms with Gasteiger partial charge in [-0.15, -0.1) is 0 Å². The first kappa shape index (κ1) is 21.8. The Morgan fingerprint density at radius 2 is 1.58 bits per heavy atom. The summed E-state index contributed by atoms with van der Waals surface area (Å²) in [5.41, 5.74) is 1.87. The summed E-state index contributed by atoms with van der Waals surface area (Å²) in [6.07, 6.45) is 4.93. The Morgan fingerprint density at radius 3 is 2.26 bits per heavy atom. The van der Waals surface area contributed by atoms with Crippen molar-refractivity contribution in [1.29, 1.82) is 0 Å². The highest BCUT2D eigenvalue weighted by molar-refractivity contribution is 7.89. The zero-order valence-electron chi connectivity index (χ0n) is 17.5. The molecular weight excluding hydrogens is 417 g/mol. The van der Waals surface area contributed by atoms with Crippen molar-refractivity contribution in [2.45, 2.75) is 37.0 Å². The lowest BCUT2D eigenvalue weighted by molar-refractivity contribution is -0.120. The van der Waals surface area contributed by atoms with E-state index in [0.29, 0.717) is 25.1 Å². The largest absolute Gasteiger partial charge is 0.372 e. The molecule has 31 heavy (non-hydrogen) atoms. The van der Waals surface area contributed by atoms with E-state index in [0.717, 1.165) is 30.9 Å². The average molecular weight is 446 g/mol. The van der Waals surface area contributed by atoms with Crippen LogP contribution >= 0.6 is 0 Å². The lowest BCUT2D eigenvalue weighted by atomic mass is 9.98. The van der Waals surface area contributed by atoms with Crippen molar-refractivity contribution in [2.75, 3.05) is 36.4 Å². The molecule has 0 aromatic heterocycles. The van der Waals surface area contributed by atoms with E-state index in [1.54, 1.807) is 0 Å². The molecule has 166 valence electrons. The Balaban J connectivity index is 1.39. The van der Waals surface area contributed by atoms with E-state index in [-0.39, 0.29) is 17.3 Å². The summed E-state index contributed by atoms with van der Waals surface area (Å²) in [7, 11) is -3.76. The quantitative estimate of drug-likeness (QED) is 0.759. The highest BCUT2D eigenvalue weighted by Crippen LogP contribution is 2.26. The third-order valence-corrected chi connectivity index (χ3v) is 7.94. The summed E-state index contributed by atoms with van der Waals surface area (Å²) < 4.78 is 40.2. The molecule has 0 bridgehead atoms. The van der Waals surface area contributed by atoms with Crippen LogP contribution in [0.4, 0.5) is 15.8 Å². The fraction of sp³-hybridized carbons (Fsp3) is 0.435. The smallest absolute Gasteiger partial charge is 0.243 e. The maximum Gasteiger partial charge on any atom is 0.243 e. The van der Waals surface area contributed by atoms with Gasteiger partial charge in [-0.1, -0.05) is 0 Å². The van der Waals surface area contributed by atoms with E-state index >= 15 is 0 Å². The van der Waals surface area contributed by atoms with Gasteiger partial charge in [-0.25, -0.2) is 12.8 Å². The second-order valence-corrected chi connectivity index (χ2v) is 10.2. The number of nitrogens with zero attached hydrogens (tertiary/aromatic N) is 2. The van der Waals surface area contributed by atoms with E-state index in [9.17, 15) is 17.6 Å². The van der Waals surface area contributed by atoms with Gasteiger partial charge in [0.15, 0.2) is 0 Å². The molecule has 0 aliphatic carbocycles. The van der Waals surface area contributed by atoms with Crippen LogP contribution in [0.25, 0.3) is 0 Å². The Morgan fingerprint density at radius 1 is 0.903 bits per heavy atom. The molecule has 2 fully saturated rings. The number of hydrogen-bond donors (Lipinski definition) is 1. The van der Waals surface area contributed by atoms with Gasteiger partial charge in [-0.2, -0.15) is 4.31 Å². The van der Waals surface area contributed by atoms with Gasteiger partial charge in [0.1, 0.15) is 5.82 Å². The minimum atomic E-state index is -3.76. The highest BCUT2D eigenvalue weighted by atomic mass is 32.2. The number of sulfonamides is 1. The van der Waals surface area contributed by atoms with Gasteiger partial charge in [-0.3, -0.25) is 4.79 Å². The van der Waals surface area contributed by atoms with Gasteiger partial charge >= 0.3 is 0 Å². The van der Waals surface area contributed by atoms with Crippen LogP contribution in [0.3, 0.4) is 0 Å². The second kappa shape index (κ2) is 9.36. The predicted octanol–water partition coefficient (Wildman–Crippen LogP) is 3.86. The molecule has 6 nitrogen and oxygen atoms in total. The summed E-state index contributed by atoms with van der Waals surface area (Å²) in [5, 5.41) is 2.93. The number of anilines is 2. The standard InChI is InChI=1S/C23H28FN3O3S/c24-19-6-12-22(13-7-19)31(29,30)27-16-4-5-18(17-27)23(28)25-20-8-10-21(11-9-20)26-14-2-1-3-15-26/h6-13,18H,1-5,14-17H2,(H,25,28). The lowest BCUT2D eigenvalue weighted by Gasteiger charge is -2.31. The molecule has 0 saturated carbocycles. The molecular formula is C23H28FN3O3S. The third kappa shape index (κ3) is 5.07. The first-order valence-corrected chi connectivity index (χ1v) is 12.3. The van der Waals surface area contributed by atoms with Gasteiger partial charge < -0.3 is 10.2 Å². The topological polar surface area (TPSA) is 69.7 Å². The lowest BCUT2D eigenvalue weighted by Crippen LogP contribution is -2.43. The van der Waals surface area contributed by atoms with Crippen LogP contribution in [-0.4, -0.2) is 44.8 Å². The molecule has 0 radical (unpaired) electrons. The third-order valence-electron chi connectivity index (χ3n) is 6.06. The number of piperidine rings is 2. The number of benzene rings is 2. The van der Waals surface area contributed by atoms with E-state index in [4.69, 9.17) is 0 Å². The van der Waals surface area contributed by atoms with Gasteiger partial charge in [0.05, 0.1) is 10.8 Å². The SMILES string of the molecule is O=C(Nc1ccc(N2CCCCC2)cc1)C1CCCN(S(=O)(=O)c2ccc(F)cc2)C1. The molecule has 2 aliphatic heterocycles. The summed E-state index contributed by atoms with van der Waals surface area (Å²) >= 11 is 0. The van der Waals surface area contributed by atoms with Gasteiger partial charge in [0.25, 0.3) is 0 Å². The summed E-state index contributed by atoms with van der Waals surface area (Å²) in [4.78, 5) is 15.2. The molecule has 2 aromatic rings. The first-order chi connectivity index (χ1) is 14.9. The Hall–Kier alpha value is -2.45. The molecule has 1 atom stereocenters. The second-order valence-electron chi connectivity index (χ2n) is 8.24. The molecule has 8 heteroatoms. The zero-order valence-corrected chi connectivity index (χ0v) is 18.3. The monoisotopic (exact) mass is 445 g/mol. The van der Waals surface area contributed by atoms with E-state index in [1.807, 2.05) is 24.3 Å². The predicted molar refractivity (Wildman–Crippen MR) is 119 cm³/mol. The number of carbonyl (C=O) groups excluding carboxylic acids is 1. The van der Waals surface area contributed by atoms with Crippen LogP contribution in [0, 0.1) is 11.7 Å². The Bertz CT molecular complexity index is 1000. The molecule has 1 N–H and O–H groups in total. The fourth-order valence-electron chi connectivity index (χ4n) is 4.28. The zero-order chi connectivity index (χ0) is 21.8. The molecule has 2 aromatic carbocycles. The highest BCUT2D eigenvalue weighted by Gasteiger charge is 2.33. The Kier molecular flexibility index (Phi) is 6.57. The van der Waals surface area contributed by atoms with Crippen molar-refractivity contribution in [3.05, 3.63) is 54.3 Å². The normalized spacial score (nSPS) is 20.4. The van der Waals surface area contributed by atoms with Crippen molar-refractivity contribution in [1.82, 2.24) is 4.31 Å². The number of hydrogen-bond acceptors (Lipinski definition) is 4. The van der Waals surface area contributed by atoms with Crippen LogP contribution in [0.15, 0.2) is 53.4 Å². The maximum atomic E-state index is 13.2. The van der Waals surface area contributed by atoms with Crippen molar-refractivity contribution < 1.29 is 17.6 Å². The van der Waals surface area contributed by atoms with Crippen LogP contribution in [-0.2, 0) is 14.8 Å². The van der Waals surface area contributed by atoms with E-state index in [2.05, 4.69) is 10.2 Å². The van der Waals surface area contributed by atoms with Crippen LogP contribution < -0.4 is 10.2 Å². The van der Waals surface area contributed by atoms with Gasteiger partial charge in [0, 0.05) is 37.6 Å². The molecule has 2 saturated heterocycles. The van der Waals surface area contributed by atoms with Crippen molar-refractivity contribution in [3.63, 3.8) is 0 Å². The minimum Gasteiger partial charge on any atom is -0.372 e. The van der Waals surface area contributed by atoms with Gasteiger partial charge in [-0.05, 0) is 80.6 Å². The maximum absolute atomic E-state index is 13.2. The fourth-order valence-corrected chi connectivity index (χ4v) is 5.81. The summed E-state index contributed by atoms with van der Waals surface area (Å²) in [5.74, 6) is -1.09. The Labute approximate surface area is 183 Å². The summed E-state index contributed by atoms with van der Waals surface area (Å²) in [6, 6.07) is 12.6. The van der Waals surface area contributed by atoms with E-state index in [1.165, 1.54) is 35.7 Å². The molecule has 4 rings (SSSR count). The van der Waals surface area contributed by atoms with E-state index < -0.39 is 21.8 Å². The molecule has 2 aliphatic rings. The number of nitrogens with one attached hydrogen (secondary N) is 1. The van der Waals surface area contributed by atoms with Crippen LogP contribution in [0.5, 0.6) is 0 Å². The number of halogens is 1. The van der Waals surface area contributed by atoms with Crippen molar-refractivity contribution >= 4 is 27.3 Å². The van der Waals surface area contributed by atoms with Gasteiger partial charge in [0.2, 0.25) is 15.9 Å². The number of rotatable bonds is 5. The van der Waals surface area contributed by atoms with Crippen LogP contribution in [0.1, 0.15) is 32.1 Å². The molecule has 1 unspecified atom stereocenters. The molecule has 1 amide bonds. The minimum absolute atomic E-state index is 0.0447. The average Bonchev–Trinajstić information content (AvgIpc) is 2.80. The molecule has 2 heterocycles. The van der Waals surface area contributed by atoms with Crippen LogP contribution in [0.2, 0.25) is 0 Å². The first-order valence-electron chi connectivity index (χ1n) is 10.8. The van der Waals surface area contributed by atoms with Crippen molar-refractivity contribution in [2.24, 2.45) is 5.92 Å². The number of carbonyl (C=O) groups is 1.